The second-order valence-electron chi connectivity index (χ2n) is 6.60. The van der Waals surface area contributed by atoms with Gasteiger partial charge in [0.05, 0.1) is 21.6 Å². The number of carbonyl (C=O) groups is 1. The van der Waals surface area contributed by atoms with Gasteiger partial charge in [0.15, 0.2) is 0 Å². The largest absolute Gasteiger partial charge is 0.419 e. The summed E-state index contributed by atoms with van der Waals surface area (Å²) in [6.07, 6.45) is -4.81. The van der Waals surface area contributed by atoms with Crippen LogP contribution in [0.4, 0.5) is 17.6 Å². The quantitative estimate of drug-likeness (QED) is 0.421. The van der Waals surface area contributed by atoms with Crippen LogP contribution in [-0.4, -0.2) is 10.5 Å². The molecule has 1 aromatic heterocycles. The number of benzene rings is 3. The van der Waals surface area contributed by atoms with Crippen LogP contribution in [0.5, 0.6) is 0 Å². The minimum atomic E-state index is -4.81. The van der Waals surface area contributed by atoms with Crippen molar-refractivity contribution in [2.75, 3.05) is 0 Å². The second-order valence-corrected chi connectivity index (χ2v) is 7.01. The molecule has 0 radical (unpaired) electrons. The molecule has 0 aliphatic carbocycles. The molecular weight excluding hydrogens is 408 g/mol. The van der Waals surface area contributed by atoms with E-state index in [2.05, 4.69) is 0 Å². The van der Waals surface area contributed by atoms with Crippen molar-refractivity contribution in [3.8, 4) is 0 Å². The number of hydrogen-bond acceptors (Lipinski definition) is 1. The third-order valence-electron chi connectivity index (χ3n) is 4.80. The van der Waals surface area contributed by atoms with E-state index < -0.39 is 23.5 Å². The second kappa shape index (κ2) is 6.77. The first-order valence-corrected chi connectivity index (χ1v) is 8.91. The molecule has 4 rings (SSSR count). The van der Waals surface area contributed by atoms with Crippen molar-refractivity contribution in [2.45, 2.75) is 12.7 Å². The van der Waals surface area contributed by atoms with Crippen LogP contribution in [0.1, 0.15) is 21.5 Å². The fourth-order valence-electron chi connectivity index (χ4n) is 3.60. The van der Waals surface area contributed by atoms with Crippen LogP contribution in [0.25, 0.3) is 21.8 Å². The Morgan fingerprint density at radius 2 is 1.79 bits per heavy atom. The van der Waals surface area contributed by atoms with Crippen LogP contribution in [-0.2, 0) is 12.7 Å². The van der Waals surface area contributed by atoms with Crippen molar-refractivity contribution in [1.82, 2.24) is 4.57 Å². The number of nitrogens with zero attached hydrogens (tertiary/aromatic N) is 1. The zero-order chi connectivity index (χ0) is 20.9. The van der Waals surface area contributed by atoms with Gasteiger partial charge in [0.1, 0.15) is 5.82 Å². The first kappa shape index (κ1) is 19.3. The van der Waals surface area contributed by atoms with Gasteiger partial charge in [-0.15, -0.1) is 0 Å². The van der Waals surface area contributed by atoms with Crippen molar-refractivity contribution in [3.05, 3.63) is 82.1 Å². The third kappa shape index (κ3) is 3.21. The van der Waals surface area contributed by atoms with Crippen molar-refractivity contribution in [1.29, 1.82) is 0 Å². The van der Waals surface area contributed by atoms with E-state index in [1.165, 1.54) is 6.07 Å². The van der Waals surface area contributed by atoms with Gasteiger partial charge >= 0.3 is 6.18 Å². The fraction of sp³-hybridized carbons (Fsp3) is 0.0952. The van der Waals surface area contributed by atoms with E-state index in [0.29, 0.717) is 26.8 Å². The number of carbonyl (C=O) groups excluding carboxylic acids is 1. The maximum atomic E-state index is 13.7. The van der Waals surface area contributed by atoms with Gasteiger partial charge in [-0.1, -0.05) is 35.9 Å². The number of hydrogen-bond donors (Lipinski definition) is 1. The monoisotopic (exact) mass is 420 g/mol. The predicted octanol–water partition coefficient (Wildman–Crippen LogP) is 5.75. The molecule has 0 fully saturated rings. The van der Waals surface area contributed by atoms with Crippen LogP contribution in [0.15, 0.2) is 54.6 Å². The van der Waals surface area contributed by atoms with Crippen LogP contribution in [0, 0.1) is 5.82 Å². The van der Waals surface area contributed by atoms with Crippen LogP contribution >= 0.6 is 11.6 Å². The number of primary amides is 1. The Morgan fingerprint density at radius 1 is 1.07 bits per heavy atom. The summed E-state index contributed by atoms with van der Waals surface area (Å²) in [5, 5.41) is 1.59. The molecule has 1 amide bonds. The maximum absolute atomic E-state index is 13.7. The van der Waals surface area contributed by atoms with Gasteiger partial charge in [0.2, 0.25) is 5.91 Å². The number of para-hydroxylation sites is 1. The first-order chi connectivity index (χ1) is 13.7. The van der Waals surface area contributed by atoms with Crippen molar-refractivity contribution in [2.24, 2.45) is 5.73 Å². The lowest BCUT2D eigenvalue weighted by molar-refractivity contribution is -0.140. The molecule has 0 unspecified atom stereocenters. The zero-order valence-electron chi connectivity index (χ0n) is 14.7. The highest BCUT2D eigenvalue weighted by Crippen LogP contribution is 2.37. The highest BCUT2D eigenvalue weighted by Gasteiger charge is 2.34. The molecule has 0 atom stereocenters. The normalized spacial score (nSPS) is 12.0. The lowest BCUT2D eigenvalue weighted by atomic mass is 10.1. The van der Waals surface area contributed by atoms with Gasteiger partial charge in [-0.2, -0.15) is 13.2 Å². The predicted molar refractivity (Wildman–Crippen MR) is 103 cm³/mol. The molecule has 4 aromatic rings. The number of aromatic nitrogens is 1. The van der Waals surface area contributed by atoms with Crippen molar-refractivity contribution >= 4 is 39.3 Å². The molecule has 0 saturated heterocycles. The molecule has 1 heterocycles. The average Bonchev–Trinajstić information content (AvgIpc) is 2.97. The molecule has 0 aliphatic heterocycles. The maximum Gasteiger partial charge on any atom is 0.419 e. The molecule has 0 bridgehead atoms. The third-order valence-corrected chi connectivity index (χ3v) is 5.11. The van der Waals surface area contributed by atoms with E-state index >= 15 is 0 Å². The van der Waals surface area contributed by atoms with Gasteiger partial charge < -0.3 is 10.3 Å². The molecule has 0 spiro atoms. The van der Waals surface area contributed by atoms with Gasteiger partial charge in [-0.25, -0.2) is 4.39 Å². The fourth-order valence-corrected chi connectivity index (χ4v) is 3.88. The average molecular weight is 421 g/mol. The molecule has 0 aliphatic rings. The topological polar surface area (TPSA) is 48.0 Å². The van der Waals surface area contributed by atoms with E-state index in [-0.39, 0.29) is 17.7 Å². The van der Waals surface area contributed by atoms with E-state index in [1.54, 1.807) is 41.0 Å². The van der Waals surface area contributed by atoms with E-state index in [9.17, 15) is 22.4 Å². The Bertz CT molecular complexity index is 1280. The van der Waals surface area contributed by atoms with Gasteiger partial charge in [-0.05, 0) is 35.9 Å². The summed E-state index contributed by atoms with van der Waals surface area (Å²) in [4.78, 5) is 11.9. The van der Waals surface area contributed by atoms with Crippen molar-refractivity contribution < 1.29 is 22.4 Å². The van der Waals surface area contributed by atoms with Crippen LogP contribution < -0.4 is 5.73 Å². The Labute approximate surface area is 167 Å². The number of nitrogens with two attached hydrogens (primary N) is 1. The molecule has 29 heavy (non-hydrogen) atoms. The minimum absolute atomic E-state index is 0.00465. The van der Waals surface area contributed by atoms with E-state index in [4.69, 9.17) is 17.3 Å². The summed E-state index contributed by atoms with van der Waals surface area (Å²) in [7, 11) is 0. The Hall–Kier alpha value is -3.06. The molecular formula is C21H13ClF4N2O. The number of alkyl halides is 3. The Kier molecular flexibility index (Phi) is 4.50. The molecule has 8 heteroatoms. The number of amides is 1. The Morgan fingerprint density at radius 3 is 2.48 bits per heavy atom. The minimum Gasteiger partial charge on any atom is -0.366 e. The number of fused-ring (bicyclic) bond motifs is 3. The zero-order valence-corrected chi connectivity index (χ0v) is 15.5. The smallest absolute Gasteiger partial charge is 0.366 e. The molecule has 2 N–H and O–H groups in total. The summed E-state index contributed by atoms with van der Waals surface area (Å²) >= 11 is 6.38. The molecule has 3 nitrogen and oxygen atoms in total. The highest BCUT2D eigenvalue weighted by atomic mass is 35.5. The Balaban J connectivity index is 1.99. The van der Waals surface area contributed by atoms with Crippen LogP contribution in [0.3, 0.4) is 0 Å². The summed E-state index contributed by atoms with van der Waals surface area (Å²) in [5.41, 5.74) is 5.83. The molecule has 3 aromatic carbocycles. The number of halogens is 5. The summed E-state index contributed by atoms with van der Waals surface area (Å²) in [5.74, 6) is -1.96. The van der Waals surface area contributed by atoms with Gasteiger partial charge in [-0.3, -0.25) is 4.79 Å². The summed E-state index contributed by atoms with van der Waals surface area (Å²) in [6, 6.07) is 12.9. The summed E-state index contributed by atoms with van der Waals surface area (Å²) in [6.45, 7) is -0.00465. The lowest BCUT2D eigenvalue weighted by Crippen LogP contribution is -2.11. The lowest BCUT2D eigenvalue weighted by Gasteiger charge is -2.12. The number of rotatable bonds is 3. The summed E-state index contributed by atoms with van der Waals surface area (Å²) < 4.78 is 54.7. The first-order valence-electron chi connectivity index (χ1n) is 8.53. The van der Waals surface area contributed by atoms with Gasteiger partial charge in [0.25, 0.3) is 0 Å². The van der Waals surface area contributed by atoms with Crippen molar-refractivity contribution in [3.63, 3.8) is 0 Å². The standard InChI is InChI=1S/C21H13ClF4N2O/c22-15-5-1-3-12-18-13(20(27)29)4-2-6-17(18)28(19(12)15)10-11-7-8-16(23)14(9-11)21(24,25)26/h1-9H,10H2,(H2,27,29). The van der Waals surface area contributed by atoms with Crippen LogP contribution in [0.2, 0.25) is 5.02 Å². The van der Waals surface area contributed by atoms with E-state index in [1.807, 2.05) is 0 Å². The van der Waals surface area contributed by atoms with Gasteiger partial charge in [0, 0.05) is 22.9 Å². The molecule has 0 saturated carbocycles. The SMILES string of the molecule is NC(=O)c1cccc2c1c1cccc(Cl)c1n2Cc1ccc(F)c(C(F)(F)F)c1. The molecule has 148 valence electrons. The highest BCUT2D eigenvalue weighted by molar-refractivity contribution is 6.37. The van der Waals surface area contributed by atoms with E-state index in [0.717, 1.165) is 12.1 Å².